The van der Waals surface area contributed by atoms with Gasteiger partial charge >= 0.3 is 5.97 Å². The average molecular weight is 786 g/mol. The molecular formula is C50H91NO5. The Morgan fingerprint density at radius 3 is 1.41 bits per heavy atom. The smallest absolute Gasteiger partial charge is 0.305 e. The Morgan fingerprint density at radius 1 is 0.500 bits per heavy atom. The summed E-state index contributed by atoms with van der Waals surface area (Å²) in [5.74, 6) is -0.180. The van der Waals surface area contributed by atoms with Gasteiger partial charge in [-0.25, -0.2) is 0 Å². The van der Waals surface area contributed by atoms with E-state index in [0.717, 1.165) is 51.4 Å². The zero-order valence-electron chi connectivity index (χ0n) is 36.8. The molecule has 0 bridgehead atoms. The molecule has 0 saturated carbocycles. The van der Waals surface area contributed by atoms with Crippen LogP contribution < -0.4 is 5.32 Å². The van der Waals surface area contributed by atoms with Crippen molar-refractivity contribution in [2.24, 2.45) is 0 Å². The van der Waals surface area contributed by atoms with Crippen molar-refractivity contribution in [3.8, 4) is 0 Å². The highest BCUT2D eigenvalue weighted by molar-refractivity contribution is 5.76. The number of aliphatic hydroxyl groups is 2. The molecule has 0 saturated heterocycles. The molecule has 0 radical (unpaired) electrons. The van der Waals surface area contributed by atoms with Crippen LogP contribution in [0.1, 0.15) is 232 Å². The van der Waals surface area contributed by atoms with Crippen molar-refractivity contribution in [2.45, 2.75) is 244 Å². The van der Waals surface area contributed by atoms with Gasteiger partial charge < -0.3 is 20.3 Å². The zero-order chi connectivity index (χ0) is 40.8. The number of rotatable bonds is 43. The van der Waals surface area contributed by atoms with Crippen molar-refractivity contribution in [1.82, 2.24) is 5.32 Å². The Morgan fingerprint density at radius 2 is 0.911 bits per heavy atom. The zero-order valence-corrected chi connectivity index (χ0v) is 36.8. The Kier molecular flexibility index (Phi) is 43.7. The Hall–Kier alpha value is -2.18. The first-order valence-corrected chi connectivity index (χ1v) is 23.9. The molecule has 0 aromatic carbocycles. The van der Waals surface area contributed by atoms with E-state index in [9.17, 15) is 19.8 Å². The van der Waals surface area contributed by atoms with Crippen molar-refractivity contribution in [1.29, 1.82) is 0 Å². The third-order valence-electron chi connectivity index (χ3n) is 10.6. The van der Waals surface area contributed by atoms with Gasteiger partial charge in [-0.05, 0) is 77.0 Å². The molecule has 0 aliphatic heterocycles. The molecule has 1 amide bonds. The standard InChI is InChI=1S/C50H91NO5/c1-3-5-7-9-11-13-15-16-17-20-24-28-32-36-40-44-50(55)56-45-41-37-33-29-25-21-18-19-23-27-31-35-39-43-49(54)51-47(46-52)48(53)42-38-34-30-26-22-14-12-10-8-6-4-2/h16-17,19,23,31,35,38,42,47-48,52-53H,3-15,18,20-22,24-30,32-34,36-37,39-41,43-46H2,1-2H3,(H,51,54)/b17-16-,23-19-,35-31-,42-38+. The number of unbranched alkanes of at least 4 members (excludes halogenated alkanes) is 26. The highest BCUT2D eigenvalue weighted by Crippen LogP contribution is 2.13. The van der Waals surface area contributed by atoms with Crippen LogP contribution in [0.3, 0.4) is 0 Å². The van der Waals surface area contributed by atoms with Gasteiger partial charge in [0.2, 0.25) is 5.91 Å². The monoisotopic (exact) mass is 786 g/mol. The maximum Gasteiger partial charge on any atom is 0.305 e. The number of amides is 1. The molecule has 326 valence electrons. The summed E-state index contributed by atoms with van der Waals surface area (Å²) in [5.41, 5.74) is 0. The molecule has 56 heavy (non-hydrogen) atoms. The summed E-state index contributed by atoms with van der Waals surface area (Å²) in [6, 6.07) is -0.671. The van der Waals surface area contributed by atoms with E-state index in [1.54, 1.807) is 6.08 Å². The van der Waals surface area contributed by atoms with E-state index in [1.807, 2.05) is 12.2 Å². The fraction of sp³-hybridized carbons (Fsp3) is 0.800. The van der Waals surface area contributed by atoms with Crippen LogP contribution in [0.2, 0.25) is 0 Å². The molecule has 2 atom stereocenters. The van der Waals surface area contributed by atoms with Crippen LogP contribution in [0.15, 0.2) is 48.6 Å². The summed E-state index contributed by atoms with van der Waals surface area (Å²) in [4.78, 5) is 24.3. The first kappa shape index (κ1) is 53.8. The van der Waals surface area contributed by atoms with Crippen LogP contribution in [-0.2, 0) is 14.3 Å². The molecule has 0 aliphatic carbocycles. The second kappa shape index (κ2) is 45.5. The minimum Gasteiger partial charge on any atom is -0.466 e. The number of nitrogens with one attached hydrogen (secondary N) is 1. The molecule has 6 heteroatoms. The normalized spacial score (nSPS) is 13.1. The van der Waals surface area contributed by atoms with Crippen LogP contribution in [-0.4, -0.2) is 47.4 Å². The van der Waals surface area contributed by atoms with E-state index < -0.39 is 12.1 Å². The van der Waals surface area contributed by atoms with Crippen molar-refractivity contribution >= 4 is 11.9 Å². The molecule has 0 spiro atoms. The van der Waals surface area contributed by atoms with E-state index in [0.29, 0.717) is 25.9 Å². The molecule has 0 aromatic heterocycles. The van der Waals surface area contributed by atoms with Gasteiger partial charge in [0.15, 0.2) is 0 Å². The molecule has 0 aliphatic rings. The molecule has 0 fully saturated rings. The largest absolute Gasteiger partial charge is 0.466 e. The number of carbonyl (C=O) groups excluding carboxylic acids is 2. The second-order valence-electron chi connectivity index (χ2n) is 16.1. The van der Waals surface area contributed by atoms with E-state index in [-0.39, 0.29) is 18.5 Å². The Balaban J connectivity index is 3.59. The van der Waals surface area contributed by atoms with Gasteiger partial charge in [0, 0.05) is 12.8 Å². The highest BCUT2D eigenvalue weighted by atomic mass is 16.5. The molecule has 2 unspecified atom stereocenters. The third kappa shape index (κ3) is 41.5. The number of carbonyl (C=O) groups is 2. The lowest BCUT2D eigenvalue weighted by atomic mass is 10.1. The van der Waals surface area contributed by atoms with Gasteiger partial charge in [0.05, 0.1) is 25.4 Å². The summed E-state index contributed by atoms with van der Waals surface area (Å²) < 4.78 is 5.44. The number of hydrogen-bond donors (Lipinski definition) is 3. The van der Waals surface area contributed by atoms with Gasteiger partial charge in [0.25, 0.3) is 0 Å². The first-order valence-electron chi connectivity index (χ1n) is 23.9. The van der Waals surface area contributed by atoms with Crippen LogP contribution >= 0.6 is 0 Å². The van der Waals surface area contributed by atoms with E-state index in [4.69, 9.17) is 4.74 Å². The molecule has 0 heterocycles. The average Bonchev–Trinajstić information content (AvgIpc) is 3.20. The second-order valence-corrected chi connectivity index (χ2v) is 16.1. The van der Waals surface area contributed by atoms with Crippen LogP contribution in [0.25, 0.3) is 0 Å². The lowest BCUT2D eigenvalue weighted by Crippen LogP contribution is -2.45. The molecule has 6 nitrogen and oxygen atoms in total. The fourth-order valence-corrected chi connectivity index (χ4v) is 6.85. The topological polar surface area (TPSA) is 95.9 Å². The van der Waals surface area contributed by atoms with Crippen LogP contribution in [0.4, 0.5) is 0 Å². The van der Waals surface area contributed by atoms with Crippen molar-refractivity contribution in [3.63, 3.8) is 0 Å². The van der Waals surface area contributed by atoms with E-state index >= 15 is 0 Å². The summed E-state index contributed by atoms with van der Waals surface area (Å²) in [7, 11) is 0. The quantitative estimate of drug-likeness (QED) is 0.0325. The number of esters is 1. The van der Waals surface area contributed by atoms with Gasteiger partial charge in [-0.15, -0.1) is 0 Å². The number of allylic oxidation sites excluding steroid dienone is 7. The first-order chi connectivity index (χ1) is 27.5. The minimum atomic E-state index is -0.878. The molecule has 0 rings (SSSR count). The fourth-order valence-electron chi connectivity index (χ4n) is 6.85. The van der Waals surface area contributed by atoms with E-state index in [1.165, 1.54) is 148 Å². The number of hydrogen-bond acceptors (Lipinski definition) is 5. The SMILES string of the molecule is CCCCCCCC/C=C\CCCCCCCC(=O)OCCCCCCCC/C=C\C/C=C\CCC(=O)NC(CO)C(O)/C=C/CCCCCCCCCCC. The van der Waals surface area contributed by atoms with Gasteiger partial charge in [-0.2, -0.15) is 0 Å². The number of ether oxygens (including phenoxy) is 1. The molecule has 0 aromatic rings. The molecule has 3 N–H and O–H groups in total. The highest BCUT2D eigenvalue weighted by Gasteiger charge is 2.17. The number of aliphatic hydroxyl groups excluding tert-OH is 2. The Bertz CT molecular complexity index is 957. The lowest BCUT2D eigenvalue weighted by Gasteiger charge is -2.19. The molecular weight excluding hydrogens is 695 g/mol. The van der Waals surface area contributed by atoms with Crippen LogP contribution in [0, 0.1) is 0 Å². The van der Waals surface area contributed by atoms with Gasteiger partial charge in [0.1, 0.15) is 0 Å². The summed E-state index contributed by atoms with van der Waals surface area (Å²) >= 11 is 0. The minimum absolute atomic E-state index is 0.0278. The summed E-state index contributed by atoms with van der Waals surface area (Å²) in [6.45, 7) is 4.79. The van der Waals surface area contributed by atoms with Crippen molar-refractivity contribution < 1.29 is 24.5 Å². The predicted molar refractivity (Wildman–Crippen MR) is 241 cm³/mol. The predicted octanol–water partition coefficient (Wildman–Crippen LogP) is 13.9. The third-order valence-corrected chi connectivity index (χ3v) is 10.6. The van der Waals surface area contributed by atoms with Gasteiger partial charge in [-0.3, -0.25) is 9.59 Å². The lowest BCUT2D eigenvalue weighted by molar-refractivity contribution is -0.143. The van der Waals surface area contributed by atoms with E-state index in [2.05, 4.69) is 49.5 Å². The van der Waals surface area contributed by atoms with Crippen LogP contribution in [0.5, 0.6) is 0 Å². The van der Waals surface area contributed by atoms with Crippen molar-refractivity contribution in [2.75, 3.05) is 13.2 Å². The Labute approximate surface area is 346 Å². The maximum absolute atomic E-state index is 12.3. The summed E-state index contributed by atoms with van der Waals surface area (Å²) in [5, 5.41) is 22.8. The maximum atomic E-state index is 12.3. The van der Waals surface area contributed by atoms with Crippen molar-refractivity contribution in [3.05, 3.63) is 48.6 Å². The summed E-state index contributed by atoms with van der Waals surface area (Å²) in [6.07, 6.45) is 55.4. The van der Waals surface area contributed by atoms with Gasteiger partial charge in [-0.1, -0.05) is 191 Å².